The molecule has 3 N–H and O–H groups in total. The van der Waals surface area contributed by atoms with E-state index in [0.717, 1.165) is 73.6 Å². The summed E-state index contributed by atoms with van der Waals surface area (Å²) in [5.41, 5.74) is 9.25. The summed E-state index contributed by atoms with van der Waals surface area (Å²) >= 11 is 3.24. The number of thiazole rings is 1. The molecule has 376 valence electrons. The third-order valence-electron chi connectivity index (χ3n) is 13.9. The Bertz CT molecular complexity index is 3030. The number of hydrogen-bond donors (Lipinski definition) is 3. The number of aryl methyl sites for hydroxylation is 3. The fraction of sp³-hybridized carbons (Fsp3) is 0.407. The van der Waals surface area contributed by atoms with Crippen LogP contribution in [-0.4, -0.2) is 110 Å². The van der Waals surface area contributed by atoms with Crippen molar-refractivity contribution in [3.8, 4) is 21.2 Å². The Kier molecular flexibility index (Phi) is 14.2. The lowest BCUT2D eigenvalue weighted by atomic mass is 9.85. The first-order chi connectivity index (χ1) is 34.4. The van der Waals surface area contributed by atoms with Gasteiger partial charge in [-0.25, -0.2) is 4.98 Å². The molecule has 3 aliphatic rings. The number of carbonyl (C=O) groups excluding carboxylic acids is 4. The Morgan fingerprint density at radius 2 is 1.61 bits per heavy atom. The molecule has 3 aliphatic heterocycles. The molecule has 72 heavy (non-hydrogen) atoms. The number of methoxy groups -OCH3 is 1. The lowest BCUT2D eigenvalue weighted by Crippen LogP contribution is -2.57. The third kappa shape index (κ3) is 10.2. The summed E-state index contributed by atoms with van der Waals surface area (Å²) in [6.07, 6.45) is -0.0708. The summed E-state index contributed by atoms with van der Waals surface area (Å²) in [5.74, 6) is 0.336. The molecule has 6 atom stereocenters. The van der Waals surface area contributed by atoms with Crippen molar-refractivity contribution in [2.75, 3.05) is 31.6 Å². The molecule has 2 unspecified atom stereocenters. The van der Waals surface area contributed by atoms with Crippen LogP contribution in [0.3, 0.4) is 0 Å². The quantitative estimate of drug-likeness (QED) is 0.0957. The maximum atomic E-state index is 14.3. The van der Waals surface area contributed by atoms with Crippen LogP contribution in [0.4, 0.5) is 5.69 Å². The molecule has 2 saturated heterocycles. The van der Waals surface area contributed by atoms with E-state index in [1.165, 1.54) is 16.9 Å². The average molecular weight is 1010 g/mol. The second-order valence-corrected chi connectivity index (χ2v) is 22.1. The number of carbonyl (C=O) groups is 4. The number of aliphatic hydroxyl groups excluding tert-OH is 1. The van der Waals surface area contributed by atoms with E-state index in [0.29, 0.717) is 23.7 Å². The Hall–Kier alpha value is -6.76. The fourth-order valence-corrected chi connectivity index (χ4v) is 11.8. The molecule has 0 spiro atoms. The smallest absolute Gasteiger partial charge is 0.308 e. The molecule has 6 aromatic rings. The summed E-state index contributed by atoms with van der Waals surface area (Å²) in [5, 5.41) is 26.6. The van der Waals surface area contributed by atoms with Crippen molar-refractivity contribution in [1.29, 1.82) is 0 Å². The summed E-state index contributed by atoms with van der Waals surface area (Å²) < 4.78 is 13.5. The number of fused-ring (bicyclic) bond motifs is 3. The second kappa shape index (κ2) is 20.4. The predicted molar refractivity (Wildman–Crippen MR) is 278 cm³/mol. The van der Waals surface area contributed by atoms with Crippen LogP contribution in [0.1, 0.15) is 114 Å². The van der Waals surface area contributed by atoms with E-state index < -0.39 is 41.5 Å². The minimum atomic E-state index is -0.989. The maximum absolute atomic E-state index is 14.3. The number of hydrogen-bond acceptors (Lipinski definition) is 14. The minimum Gasteiger partial charge on any atom is -0.489 e. The van der Waals surface area contributed by atoms with Crippen LogP contribution in [0.5, 0.6) is 5.75 Å². The number of aliphatic hydroxyl groups is 1. The van der Waals surface area contributed by atoms with Crippen LogP contribution < -0.4 is 20.3 Å². The van der Waals surface area contributed by atoms with Gasteiger partial charge in [-0.2, -0.15) is 0 Å². The number of aromatic nitrogens is 4. The highest BCUT2D eigenvalue weighted by Gasteiger charge is 2.45. The Balaban J connectivity index is 0.820. The largest absolute Gasteiger partial charge is 0.489 e. The second-order valence-electron chi connectivity index (χ2n) is 20.0. The molecule has 3 aromatic heterocycles. The number of nitrogens with one attached hydrogen (secondary N) is 2. The van der Waals surface area contributed by atoms with Crippen LogP contribution in [0.2, 0.25) is 0 Å². The molecule has 0 radical (unpaired) electrons. The van der Waals surface area contributed by atoms with Gasteiger partial charge in [-0.1, -0.05) is 57.2 Å². The highest BCUT2D eigenvalue weighted by atomic mass is 32.1. The highest BCUT2D eigenvalue weighted by molar-refractivity contribution is 7.15. The van der Waals surface area contributed by atoms with Crippen molar-refractivity contribution in [2.24, 2.45) is 10.4 Å². The van der Waals surface area contributed by atoms with Crippen LogP contribution in [0.15, 0.2) is 83.3 Å². The number of likely N-dealkylation sites (tertiary alicyclic amines) is 1. The predicted octanol–water partition coefficient (Wildman–Crippen LogP) is 7.78. The number of β-amino-alcohol motifs (C(OH)–C–C–N with tert-alkyl or cyclic N) is 1. The van der Waals surface area contributed by atoms with E-state index in [1.54, 1.807) is 46.9 Å². The number of thiophene rings is 1. The first-order valence-electron chi connectivity index (χ1n) is 24.3. The molecular formula is C54H61N9O7S2. The van der Waals surface area contributed by atoms with Crippen LogP contribution >= 0.6 is 22.7 Å². The van der Waals surface area contributed by atoms with Crippen LogP contribution in [0, 0.1) is 33.1 Å². The van der Waals surface area contributed by atoms with Crippen LogP contribution in [-0.2, 0) is 19.1 Å². The molecule has 9 rings (SSSR count). The minimum absolute atomic E-state index is 0.0236. The van der Waals surface area contributed by atoms with E-state index in [4.69, 9.17) is 14.5 Å². The Labute approximate surface area is 427 Å². The van der Waals surface area contributed by atoms with Crippen molar-refractivity contribution in [3.05, 3.63) is 128 Å². The standard InChI is InChI=1S/C54H61N9O7S2/c1-29-32(4)72-53-45(29)46(57-42(25-44(65)69-9)49-60-59-33(5)63(49)53)35-14-18-38(19-15-35)61-23-22-41(27-61)70-40-20-16-37(17-21-40)50(66)58-48(54(6,7)8)52(68)62-26-39(64)24-43(62)51(67)56-30(2)34-10-12-36(13-11-34)47-31(3)55-28-71-47/h10-21,28,30,39,41-43,48,64H,22-27H2,1-9H3,(H,56,67)(H,58,66)/t30-,39+,41?,42-,43-,48?/m0/s1. The van der Waals surface area contributed by atoms with Gasteiger partial charge in [-0.05, 0) is 93.1 Å². The number of benzene rings is 3. The lowest BCUT2D eigenvalue weighted by molar-refractivity contribution is -0.142. The van der Waals surface area contributed by atoms with Gasteiger partial charge in [0.1, 0.15) is 40.8 Å². The third-order valence-corrected chi connectivity index (χ3v) is 16.1. The molecular weight excluding hydrogens is 951 g/mol. The topological polar surface area (TPSA) is 193 Å². The van der Waals surface area contributed by atoms with Gasteiger partial charge < -0.3 is 35.0 Å². The van der Waals surface area contributed by atoms with E-state index in [-0.39, 0.29) is 43.4 Å². The van der Waals surface area contributed by atoms with Crippen molar-refractivity contribution in [1.82, 2.24) is 35.3 Å². The summed E-state index contributed by atoms with van der Waals surface area (Å²) in [6.45, 7) is 17.0. The number of esters is 1. The zero-order valence-corrected chi connectivity index (χ0v) is 43.7. The van der Waals surface area contributed by atoms with Gasteiger partial charge in [-0.3, -0.25) is 28.7 Å². The SMILES string of the molecule is COC(=O)C[C@@H]1N=C(c2ccc(N3CCC(Oc4ccc(C(=O)NC(C(=O)N5C[C@H](O)C[C@H]5C(=O)N[C@@H](C)c5ccc(-c6scnc6C)cc5)C(C)(C)C)cc4)C3)cc2)c2c(sc(C)c2C)-n2c(C)nnc21. The molecule has 3 amide bonds. The number of rotatable bonds is 13. The van der Waals surface area contributed by atoms with Gasteiger partial charge in [0.15, 0.2) is 5.82 Å². The molecule has 2 fully saturated rings. The van der Waals surface area contributed by atoms with Gasteiger partial charge in [0.25, 0.3) is 5.91 Å². The molecule has 0 saturated carbocycles. The van der Waals surface area contributed by atoms with Crippen molar-refractivity contribution in [2.45, 2.75) is 111 Å². The van der Waals surface area contributed by atoms with Gasteiger partial charge in [0, 0.05) is 53.2 Å². The van der Waals surface area contributed by atoms with E-state index in [9.17, 15) is 24.3 Å². The van der Waals surface area contributed by atoms with Gasteiger partial charge >= 0.3 is 5.97 Å². The van der Waals surface area contributed by atoms with E-state index in [1.807, 2.05) is 75.9 Å². The van der Waals surface area contributed by atoms with Crippen molar-refractivity contribution < 1.29 is 33.8 Å². The van der Waals surface area contributed by atoms with Gasteiger partial charge in [0.05, 0.1) is 54.0 Å². The summed E-state index contributed by atoms with van der Waals surface area (Å²) in [4.78, 5) is 70.0. The number of ether oxygens (including phenoxy) is 2. The Morgan fingerprint density at radius 1 is 0.903 bits per heavy atom. The molecule has 3 aromatic carbocycles. The molecule has 6 heterocycles. The first-order valence-corrected chi connectivity index (χ1v) is 26.0. The summed E-state index contributed by atoms with van der Waals surface area (Å²) in [6, 6.07) is 20.4. The fourth-order valence-electron chi connectivity index (χ4n) is 9.76. The summed E-state index contributed by atoms with van der Waals surface area (Å²) in [7, 11) is 1.38. The first kappa shape index (κ1) is 50.2. The number of aliphatic imine (C=N–C) groups is 1. The van der Waals surface area contributed by atoms with Gasteiger partial charge in [0.2, 0.25) is 11.8 Å². The van der Waals surface area contributed by atoms with E-state index >= 15 is 0 Å². The zero-order valence-electron chi connectivity index (χ0n) is 42.1. The van der Waals surface area contributed by atoms with E-state index in [2.05, 4.69) is 68.8 Å². The Morgan fingerprint density at radius 3 is 2.28 bits per heavy atom. The average Bonchev–Trinajstić information content (AvgIpc) is 4.21. The zero-order chi connectivity index (χ0) is 51.2. The maximum Gasteiger partial charge on any atom is 0.308 e. The number of nitrogens with zero attached hydrogens (tertiary/aromatic N) is 7. The monoisotopic (exact) mass is 1010 g/mol. The number of anilines is 1. The molecule has 0 aliphatic carbocycles. The van der Waals surface area contributed by atoms with Crippen LogP contribution in [0.25, 0.3) is 15.4 Å². The molecule has 18 heteroatoms. The van der Waals surface area contributed by atoms with Gasteiger partial charge in [-0.15, -0.1) is 32.9 Å². The highest BCUT2D eigenvalue weighted by Crippen LogP contribution is 2.40. The van der Waals surface area contributed by atoms with Crippen molar-refractivity contribution in [3.63, 3.8) is 0 Å². The molecule has 0 bridgehead atoms. The normalized spacial score (nSPS) is 19.4. The number of amides is 3. The van der Waals surface area contributed by atoms with Crippen molar-refractivity contribution >= 4 is 57.8 Å². The lowest BCUT2D eigenvalue weighted by Gasteiger charge is -2.35. The molecule has 16 nitrogen and oxygen atoms in total.